The number of rotatable bonds is 7. The van der Waals surface area contributed by atoms with Gasteiger partial charge in [0.25, 0.3) is 5.56 Å². The predicted molar refractivity (Wildman–Crippen MR) is 111 cm³/mol. The SMILES string of the molecule is CC(C)n1c(NCc2ccc(F)cc2)nc(OCc2ccc(F)cc2F)c(Br)c1=O. The molecule has 9 heteroatoms. The lowest BCUT2D eigenvalue weighted by atomic mass is 10.2. The maximum atomic E-state index is 13.9. The highest BCUT2D eigenvalue weighted by Crippen LogP contribution is 2.24. The lowest BCUT2D eigenvalue weighted by Gasteiger charge is -2.19. The third kappa shape index (κ3) is 5.02. The van der Waals surface area contributed by atoms with Crippen LogP contribution in [0.15, 0.2) is 51.7 Å². The number of benzene rings is 2. The fraction of sp³-hybridized carbons (Fsp3) is 0.238. The number of ether oxygens (including phenoxy) is 1. The molecular formula is C21H19BrF3N3O2. The van der Waals surface area contributed by atoms with Gasteiger partial charge in [0.05, 0.1) is 0 Å². The van der Waals surface area contributed by atoms with Crippen LogP contribution in [-0.4, -0.2) is 9.55 Å². The van der Waals surface area contributed by atoms with E-state index in [9.17, 15) is 18.0 Å². The standard InChI is InChI=1S/C21H19BrF3N3O2/c1-12(2)28-20(29)18(22)19(30-11-14-5-8-16(24)9-17(14)25)27-21(28)26-10-13-3-6-15(23)7-4-13/h3-9,12H,10-11H2,1-2H3,(H,26,27). The highest BCUT2D eigenvalue weighted by Gasteiger charge is 2.18. The summed E-state index contributed by atoms with van der Waals surface area (Å²) in [5, 5.41) is 3.06. The van der Waals surface area contributed by atoms with Gasteiger partial charge in [-0.1, -0.05) is 12.1 Å². The minimum absolute atomic E-state index is 0.0257. The molecule has 1 N–H and O–H groups in total. The molecule has 158 valence electrons. The van der Waals surface area contributed by atoms with Crippen molar-refractivity contribution in [2.24, 2.45) is 0 Å². The highest BCUT2D eigenvalue weighted by atomic mass is 79.9. The van der Waals surface area contributed by atoms with E-state index in [4.69, 9.17) is 4.74 Å². The quantitative estimate of drug-likeness (QED) is 0.504. The van der Waals surface area contributed by atoms with Crippen LogP contribution in [0.5, 0.6) is 5.88 Å². The van der Waals surface area contributed by atoms with E-state index < -0.39 is 11.6 Å². The Hall–Kier alpha value is -2.81. The van der Waals surface area contributed by atoms with Crippen LogP contribution in [0.25, 0.3) is 0 Å². The largest absolute Gasteiger partial charge is 0.472 e. The van der Waals surface area contributed by atoms with Crippen LogP contribution in [0.2, 0.25) is 0 Å². The fourth-order valence-corrected chi connectivity index (χ4v) is 3.15. The number of halogens is 4. The van der Waals surface area contributed by atoms with Crippen molar-refractivity contribution in [2.45, 2.75) is 33.0 Å². The number of hydrogen-bond acceptors (Lipinski definition) is 4. The Balaban J connectivity index is 1.88. The minimum atomic E-state index is -0.753. The Morgan fingerprint density at radius 2 is 1.77 bits per heavy atom. The molecule has 0 radical (unpaired) electrons. The van der Waals surface area contributed by atoms with Crippen LogP contribution in [-0.2, 0) is 13.2 Å². The summed E-state index contributed by atoms with van der Waals surface area (Å²) in [5.74, 6) is -1.57. The molecule has 1 aromatic heterocycles. The Morgan fingerprint density at radius 3 is 2.40 bits per heavy atom. The number of aromatic nitrogens is 2. The fourth-order valence-electron chi connectivity index (χ4n) is 2.76. The Bertz CT molecular complexity index is 1100. The van der Waals surface area contributed by atoms with Crippen molar-refractivity contribution >= 4 is 21.9 Å². The average molecular weight is 482 g/mol. The van der Waals surface area contributed by atoms with Crippen molar-refractivity contribution in [3.8, 4) is 5.88 Å². The van der Waals surface area contributed by atoms with Gasteiger partial charge in [-0.15, -0.1) is 0 Å². The second-order valence-corrected chi connectivity index (χ2v) is 7.62. The third-order valence-corrected chi connectivity index (χ3v) is 4.97. The van der Waals surface area contributed by atoms with E-state index in [1.165, 1.54) is 22.8 Å². The van der Waals surface area contributed by atoms with Gasteiger partial charge in [0.15, 0.2) is 0 Å². The molecule has 0 atom stereocenters. The van der Waals surface area contributed by atoms with Crippen molar-refractivity contribution in [1.29, 1.82) is 0 Å². The van der Waals surface area contributed by atoms with E-state index in [-0.39, 0.29) is 45.9 Å². The molecule has 3 aromatic rings. The normalized spacial score (nSPS) is 11.0. The zero-order valence-corrected chi connectivity index (χ0v) is 17.8. The third-order valence-electron chi connectivity index (χ3n) is 4.29. The summed E-state index contributed by atoms with van der Waals surface area (Å²) in [6.07, 6.45) is 0. The molecule has 30 heavy (non-hydrogen) atoms. The Morgan fingerprint density at radius 1 is 1.10 bits per heavy atom. The second-order valence-electron chi connectivity index (χ2n) is 6.83. The van der Waals surface area contributed by atoms with Crippen LogP contribution in [0.4, 0.5) is 19.1 Å². The maximum Gasteiger partial charge on any atom is 0.273 e. The number of anilines is 1. The van der Waals surface area contributed by atoms with Crippen LogP contribution < -0.4 is 15.6 Å². The molecule has 0 fully saturated rings. The molecule has 0 aliphatic rings. The molecule has 0 bridgehead atoms. The summed E-state index contributed by atoms with van der Waals surface area (Å²) in [5.41, 5.74) is 0.537. The van der Waals surface area contributed by atoms with E-state index in [2.05, 4.69) is 26.2 Å². The Kier molecular flexibility index (Phi) is 6.81. The van der Waals surface area contributed by atoms with Crippen molar-refractivity contribution in [3.63, 3.8) is 0 Å². The zero-order chi connectivity index (χ0) is 21.8. The van der Waals surface area contributed by atoms with Gasteiger partial charge in [-0.3, -0.25) is 9.36 Å². The van der Waals surface area contributed by atoms with Crippen LogP contribution in [0, 0.1) is 17.5 Å². The van der Waals surface area contributed by atoms with E-state index >= 15 is 0 Å². The number of nitrogens with zero attached hydrogens (tertiary/aromatic N) is 2. The van der Waals surface area contributed by atoms with Gasteiger partial charge in [-0.05, 0) is 59.6 Å². The molecule has 5 nitrogen and oxygen atoms in total. The van der Waals surface area contributed by atoms with Gasteiger partial charge in [0, 0.05) is 24.2 Å². The summed E-state index contributed by atoms with van der Waals surface area (Å²) in [6, 6.07) is 8.86. The first kappa shape index (κ1) is 21.9. The predicted octanol–water partition coefficient (Wildman–Crippen LogP) is 5.20. The number of hydrogen-bond donors (Lipinski definition) is 1. The van der Waals surface area contributed by atoms with Crippen LogP contribution in [0.1, 0.15) is 31.0 Å². The van der Waals surface area contributed by atoms with Gasteiger partial charge >= 0.3 is 0 Å². The summed E-state index contributed by atoms with van der Waals surface area (Å²) < 4.78 is 47.1. The monoisotopic (exact) mass is 481 g/mol. The summed E-state index contributed by atoms with van der Waals surface area (Å²) >= 11 is 3.20. The molecular weight excluding hydrogens is 463 g/mol. The van der Waals surface area contributed by atoms with Gasteiger partial charge < -0.3 is 10.1 Å². The minimum Gasteiger partial charge on any atom is -0.472 e. The van der Waals surface area contributed by atoms with Crippen molar-refractivity contribution < 1.29 is 17.9 Å². The van der Waals surface area contributed by atoms with E-state index in [0.717, 1.165) is 17.7 Å². The Labute approximate surface area is 179 Å². The molecule has 3 rings (SSSR count). The van der Waals surface area contributed by atoms with Crippen molar-refractivity contribution in [2.75, 3.05) is 5.32 Å². The molecule has 2 aromatic carbocycles. The van der Waals surface area contributed by atoms with Crippen molar-refractivity contribution in [1.82, 2.24) is 9.55 Å². The first-order valence-electron chi connectivity index (χ1n) is 9.13. The molecule has 0 spiro atoms. The lowest BCUT2D eigenvalue weighted by Crippen LogP contribution is -2.27. The molecule has 0 unspecified atom stereocenters. The molecule has 0 saturated carbocycles. The van der Waals surface area contributed by atoms with Gasteiger partial charge in [-0.25, -0.2) is 13.2 Å². The summed E-state index contributed by atoms with van der Waals surface area (Å²) in [7, 11) is 0. The molecule has 0 saturated heterocycles. The first-order valence-corrected chi connectivity index (χ1v) is 9.92. The first-order chi connectivity index (χ1) is 14.3. The topological polar surface area (TPSA) is 56.1 Å². The molecule has 0 aliphatic carbocycles. The van der Waals surface area contributed by atoms with Gasteiger partial charge in [-0.2, -0.15) is 4.98 Å². The molecule has 0 amide bonds. The van der Waals surface area contributed by atoms with E-state index in [0.29, 0.717) is 6.54 Å². The maximum absolute atomic E-state index is 13.9. The number of nitrogens with one attached hydrogen (secondary N) is 1. The molecule has 0 aliphatic heterocycles. The second kappa shape index (κ2) is 9.34. The van der Waals surface area contributed by atoms with E-state index in [1.54, 1.807) is 12.1 Å². The van der Waals surface area contributed by atoms with Crippen LogP contribution in [0.3, 0.4) is 0 Å². The van der Waals surface area contributed by atoms with E-state index in [1.807, 2.05) is 13.8 Å². The van der Waals surface area contributed by atoms with Crippen LogP contribution >= 0.6 is 15.9 Å². The zero-order valence-electron chi connectivity index (χ0n) is 16.3. The summed E-state index contributed by atoms with van der Waals surface area (Å²) in [4.78, 5) is 17.2. The summed E-state index contributed by atoms with van der Waals surface area (Å²) in [6.45, 7) is 3.72. The lowest BCUT2D eigenvalue weighted by molar-refractivity contribution is 0.283. The highest BCUT2D eigenvalue weighted by molar-refractivity contribution is 9.10. The average Bonchev–Trinajstić information content (AvgIpc) is 2.69. The molecule has 1 heterocycles. The van der Waals surface area contributed by atoms with Gasteiger partial charge in [0.1, 0.15) is 28.5 Å². The van der Waals surface area contributed by atoms with Crippen molar-refractivity contribution in [3.05, 3.63) is 85.9 Å². The smallest absolute Gasteiger partial charge is 0.273 e. The van der Waals surface area contributed by atoms with Gasteiger partial charge in [0.2, 0.25) is 11.8 Å².